The quantitative estimate of drug-likeness (QED) is 0.231. The van der Waals surface area contributed by atoms with E-state index in [1.165, 1.54) is 4.57 Å². The number of carbonyl (C=O) groups is 1. The Morgan fingerprint density at radius 2 is 1.48 bits per heavy atom. The zero-order valence-corrected chi connectivity index (χ0v) is 17.8. The molecule has 0 radical (unpaired) electrons. The minimum absolute atomic E-state index is 0.0690. The van der Waals surface area contributed by atoms with Gasteiger partial charge in [0.15, 0.2) is 10.6 Å². The monoisotopic (exact) mass is 448 g/mol. The molecule has 7 heteroatoms. The van der Waals surface area contributed by atoms with E-state index in [2.05, 4.69) is 4.98 Å². The normalized spacial score (nSPS) is 10.6. The SMILES string of the molecule is O=C(Cc1c(Cl)[nH]c(=S)n(-c2ccc(Oc3ccccc3)cc2)c1=O)c1ccccc1. The van der Waals surface area contributed by atoms with Gasteiger partial charge in [0.2, 0.25) is 0 Å². The average Bonchev–Trinajstić information content (AvgIpc) is 2.79. The summed E-state index contributed by atoms with van der Waals surface area (Å²) in [7, 11) is 0. The Morgan fingerprint density at radius 3 is 2.13 bits per heavy atom. The first-order valence-corrected chi connectivity index (χ1v) is 10.3. The van der Waals surface area contributed by atoms with Gasteiger partial charge in [-0.15, -0.1) is 0 Å². The van der Waals surface area contributed by atoms with Crippen molar-refractivity contribution in [1.29, 1.82) is 0 Å². The van der Waals surface area contributed by atoms with Crippen LogP contribution in [0.5, 0.6) is 11.5 Å². The van der Waals surface area contributed by atoms with Crippen LogP contribution in [0.25, 0.3) is 5.69 Å². The van der Waals surface area contributed by atoms with Crippen molar-refractivity contribution in [3.8, 4) is 17.2 Å². The van der Waals surface area contributed by atoms with Gasteiger partial charge in [0.05, 0.1) is 11.3 Å². The first-order chi connectivity index (χ1) is 15.0. The molecule has 0 bridgehead atoms. The third-order valence-corrected chi connectivity index (χ3v) is 5.26. The van der Waals surface area contributed by atoms with E-state index in [9.17, 15) is 9.59 Å². The van der Waals surface area contributed by atoms with Crippen LogP contribution in [-0.2, 0) is 6.42 Å². The Morgan fingerprint density at radius 1 is 0.903 bits per heavy atom. The number of benzene rings is 3. The highest BCUT2D eigenvalue weighted by atomic mass is 35.5. The van der Waals surface area contributed by atoms with E-state index in [0.717, 1.165) is 0 Å². The molecule has 0 spiro atoms. The minimum Gasteiger partial charge on any atom is -0.457 e. The van der Waals surface area contributed by atoms with E-state index >= 15 is 0 Å². The fraction of sp³-hybridized carbons (Fsp3) is 0.0417. The fourth-order valence-electron chi connectivity index (χ4n) is 3.11. The molecule has 154 valence electrons. The van der Waals surface area contributed by atoms with Crippen molar-refractivity contribution in [3.63, 3.8) is 0 Å². The maximum absolute atomic E-state index is 13.2. The Kier molecular flexibility index (Phi) is 6.11. The number of carbonyl (C=O) groups excluding carboxylic acids is 1. The van der Waals surface area contributed by atoms with Gasteiger partial charge in [-0.1, -0.05) is 60.1 Å². The summed E-state index contributed by atoms with van der Waals surface area (Å²) in [5, 5.41) is 0.0690. The van der Waals surface area contributed by atoms with Crippen molar-refractivity contribution in [2.45, 2.75) is 6.42 Å². The highest BCUT2D eigenvalue weighted by Crippen LogP contribution is 2.22. The topological polar surface area (TPSA) is 64.1 Å². The Bertz CT molecular complexity index is 1330. The number of ether oxygens (including phenoxy) is 1. The lowest BCUT2D eigenvalue weighted by Crippen LogP contribution is -2.26. The summed E-state index contributed by atoms with van der Waals surface area (Å²) in [4.78, 5) is 28.6. The lowest BCUT2D eigenvalue weighted by Gasteiger charge is -2.11. The molecule has 1 heterocycles. The second-order valence-electron chi connectivity index (χ2n) is 6.74. The van der Waals surface area contributed by atoms with Gasteiger partial charge in [-0.3, -0.25) is 14.2 Å². The van der Waals surface area contributed by atoms with E-state index in [1.807, 2.05) is 36.4 Å². The number of rotatable bonds is 6. The third kappa shape index (κ3) is 4.66. The maximum atomic E-state index is 13.2. The predicted molar refractivity (Wildman–Crippen MR) is 123 cm³/mol. The first-order valence-electron chi connectivity index (χ1n) is 9.48. The van der Waals surface area contributed by atoms with Gasteiger partial charge >= 0.3 is 0 Å². The van der Waals surface area contributed by atoms with Crippen LogP contribution < -0.4 is 10.3 Å². The van der Waals surface area contributed by atoms with Crippen LogP contribution in [0.2, 0.25) is 5.15 Å². The van der Waals surface area contributed by atoms with Crippen molar-refractivity contribution >= 4 is 29.6 Å². The van der Waals surface area contributed by atoms with Gasteiger partial charge in [0.1, 0.15) is 16.7 Å². The van der Waals surface area contributed by atoms with Crippen LogP contribution in [0.1, 0.15) is 15.9 Å². The van der Waals surface area contributed by atoms with Crippen LogP contribution in [-0.4, -0.2) is 15.3 Å². The molecule has 0 aliphatic carbocycles. The minimum atomic E-state index is -0.435. The molecule has 0 aliphatic heterocycles. The summed E-state index contributed by atoms with van der Waals surface area (Å²) in [5.41, 5.74) is 0.773. The maximum Gasteiger partial charge on any atom is 0.264 e. The van der Waals surface area contributed by atoms with Crippen LogP contribution in [0, 0.1) is 4.77 Å². The smallest absolute Gasteiger partial charge is 0.264 e. The first kappa shape index (κ1) is 20.8. The molecule has 31 heavy (non-hydrogen) atoms. The molecule has 0 saturated heterocycles. The number of hydrogen-bond acceptors (Lipinski definition) is 4. The van der Waals surface area contributed by atoms with Gasteiger partial charge < -0.3 is 9.72 Å². The predicted octanol–water partition coefficient (Wildman–Crippen LogP) is 5.77. The molecule has 0 fully saturated rings. The van der Waals surface area contributed by atoms with Crippen LogP contribution in [0.3, 0.4) is 0 Å². The van der Waals surface area contributed by atoms with Crippen molar-refractivity contribution in [1.82, 2.24) is 9.55 Å². The number of para-hydroxylation sites is 1. The fourth-order valence-corrected chi connectivity index (χ4v) is 3.69. The summed E-state index contributed by atoms with van der Waals surface area (Å²) in [6, 6.07) is 25.1. The number of aromatic amines is 1. The highest BCUT2D eigenvalue weighted by molar-refractivity contribution is 7.71. The number of hydrogen-bond donors (Lipinski definition) is 1. The zero-order valence-electron chi connectivity index (χ0n) is 16.2. The molecule has 0 aliphatic rings. The lowest BCUT2D eigenvalue weighted by atomic mass is 10.1. The van der Waals surface area contributed by atoms with Gasteiger partial charge in [0, 0.05) is 12.0 Å². The van der Waals surface area contributed by atoms with Crippen LogP contribution >= 0.6 is 23.8 Å². The summed E-state index contributed by atoms with van der Waals surface area (Å²) >= 11 is 11.6. The molecular weight excluding hydrogens is 432 g/mol. The molecular formula is C24H17ClN2O3S. The van der Waals surface area contributed by atoms with Gasteiger partial charge in [-0.05, 0) is 48.6 Å². The molecule has 4 aromatic rings. The molecule has 0 unspecified atom stereocenters. The van der Waals surface area contributed by atoms with Gasteiger partial charge in [-0.25, -0.2) is 0 Å². The number of H-pyrrole nitrogens is 1. The number of aromatic nitrogens is 2. The Hall–Kier alpha value is -3.48. The van der Waals surface area contributed by atoms with Crippen molar-refractivity contribution in [2.24, 2.45) is 0 Å². The van der Waals surface area contributed by atoms with E-state index < -0.39 is 5.56 Å². The van der Waals surface area contributed by atoms with Gasteiger partial charge in [-0.2, -0.15) is 0 Å². The third-order valence-electron chi connectivity index (χ3n) is 4.65. The number of nitrogens with zero attached hydrogens (tertiary/aromatic N) is 1. The van der Waals surface area contributed by atoms with E-state index in [0.29, 0.717) is 22.7 Å². The summed E-state index contributed by atoms with van der Waals surface area (Å²) in [6.07, 6.45) is -0.136. The molecule has 1 aromatic heterocycles. The van der Waals surface area contributed by atoms with E-state index in [-0.39, 0.29) is 27.7 Å². The number of nitrogens with one attached hydrogen (secondary N) is 1. The molecule has 0 atom stereocenters. The van der Waals surface area contributed by atoms with Crippen LogP contribution in [0.4, 0.5) is 0 Å². The summed E-state index contributed by atoms with van der Waals surface area (Å²) in [5.74, 6) is 1.12. The van der Waals surface area contributed by atoms with E-state index in [4.69, 9.17) is 28.6 Å². The average molecular weight is 449 g/mol. The second-order valence-corrected chi connectivity index (χ2v) is 7.50. The summed E-state index contributed by atoms with van der Waals surface area (Å²) < 4.78 is 7.25. The Labute approximate surface area is 188 Å². The molecule has 5 nitrogen and oxygen atoms in total. The molecule has 0 saturated carbocycles. The largest absolute Gasteiger partial charge is 0.457 e. The van der Waals surface area contributed by atoms with Crippen molar-refractivity contribution in [2.75, 3.05) is 0 Å². The van der Waals surface area contributed by atoms with Gasteiger partial charge in [0.25, 0.3) is 5.56 Å². The number of ketones is 1. The molecule has 0 amide bonds. The van der Waals surface area contributed by atoms with Crippen molar-refractivity contribution < 1.29 is 9.53 Å². The summed E-state index contributed by atoms with van der Waals surface area (Å²) in [6.45, 7) is 0. The molecule has 1 N–H and O–H groups in total. The van der Waals surface area contributed by atoms with Crippen molar-refractivity contribution in [3.05, 3.63) is 116 Å². The van der Waals surface area contributed by atoms with E-state index in [1.54, 1.807) is 48.5 Å². The number of halogens is 1. The number of Topliss-reactive ketones (excluding diaryl/α,β-unsaturated/α-hetero) is 1. The zero-order chi connectivity index (χ0) is 21.8. The second kappa shape index (κ2) is 9.12. The molecule has 3 aromatic carbocycles. The van der Waals surface area contributed by atoms with Crippen LogP contribution in [0.15, 0.2) is 89.7 Å². The highest BCUT2D eigenvalue weighted by Gasteiger charge is 2.17. The molecule has 4 rings (SSSR count). The lowest BCUT2D eigenvalue weighted by molar-refractivity contribution is 0.0992. The standard InChI is InChI=1S/C24H17ClN2O3S/c25-22-20(15-21(28)16-7-3-1-4-8-16)23(29)27(24(31)26-22)17-11-13-19(14-12-17)30-18-9-5-2-6-10-18/h1-14H,15H2,(H,26,31). The Balaban J connectivity index is 1.66.